The second kappa shape index (κ2) is 6.11. The molecule has 0 aliphatic heterocycles. The van der Waals surface area contributed by atoms with Gasteiger partial charge in [0.25, 0.3) is 10.0 Å². The van der Waals surface area contributed by atoms with Crippen LogP contribution < -0.4 is 4.72 Å². The zero-order valence-corrected chi connectivity index (χ0v) is 13.3. The van der Waals surface area contributed by atoms with Gasteiger partial charge in [0, 0.05) is 10.4 Å². The van der Waals surface area contributed by atoms with Gasteiger partial charge < -0.3 is 0 Å². The molecule has 20 heavy (non-hydrogen) atoms. The molecule has 7 heteroatoms. The monoisotopic (exact) mass is 377 g/mol. The lowest BCUT2D eigenvalue weighted by molar-refractivity contribution is 0.601. The molecule has 2 aromatic carbocycles. The van der Waals surface area contributed by atoms with Crippen LogP contribution in [-0.2, 0) is 15.4 Å². The average molecular weight is 379 g/mol. The summed E-state index contributed by atoms with van der Waals surface area (Å²) in [6, 6.07) is 9.87. The molecule has 2 aromatic rings. The van der Waals surface area contributed by atoms with Crippen LogP contribution in [0.1, 0.15) is 5.56 Å². The van der Waals surface area contributed by atoms with E-state index in [0.717, 1.165) is 17.7 Å². The number of hydrogen-bond donors (Lipinski definition) is 1. The Kier molecular flexibility index (Phi) is 4.67. The topological polar surface area (TPSA) is 46.2 Å². The molecule has 0 spiro atoms. The molecule has 0 unspecified atom stereocenters. The predicted molar refractivity (Wildman–Crippen MR) is 81.3 cm³/mol. The first-order chi connectivity index (χ1) is 9.40. The minimum atomic E-state index is -3.76. The summed E-state index contributed by atoms with van der Waals surface area (Å²) in [6.07, 6.45) is 0. The Balaban J connectivity index is 2.30. The Morgan fingerprint density at radius 2 is 1.80 bits per heavy atom. The van der Waals surface area contributed by atoms with Gasteiger partial charge in [-0.15, -0.1) is 0 Å². The van der Waals surface area contributed by atoms with E-state index in [4.69, 9.17) is 11.6 Å². The van der Waals surface area contributed by atoms with Crippen molar-refractivity contribution in [3.05, 3.63) is 58.9 Å². The van der Waals surface area contributed by atoms with E-state index in [0.29, 0.717) is 5.33 Å². The second-order valence-electron chi connectivity index (χ2n) is 4.04. The van der Waals surface area contributed by atoms with Crippen LogP contribution in [0.2, 0.25) is 5.02 Å². The van der Waals surface area contributed by atoms with Gasteiger partial charge in [0.1, 0.15) is 5.82 Å². The highest BCUT2D eigenvalue weighted by atomic mass is 79.9. The fraction of sp³-hybridized carbons (Fsp3) is 0.0769. The van der Waals surface area contributed by atoms with Crippen molar-refractivity contribution in [3.63, 3.8) is 0 Å². The van der Waals surface area contributed by atoms with Gasteiger partial charge in [-0.05, 0) is 35.9 Å². The van der Waals surface area contributed by atoms with Crippen molar-refractivity contribution in [1.29, 1.82) is 0 Å². The van der Waals surface area contributed by atoms with Gasteiger partial charge in [-0.25, -0.2) is 12.8 Å². The van der Waals surface area contributed by atoms with E-state index < -0.39 is 15.8 Å². The zero-order chi connectivity index (χ0) is 14.8. The summed E-state index contributed by atoms with van der Waals surface area (Å²) in [5.74, 6) is -0.607. The van der Waals surface area contributed by atoms with E-state index in [2.05, 4.69) is 20.7 Å². The van der Waals surface area contributed by atoms with Crippen LogP contribution in [0.5, 0.6) is 0 Å². The van der Waals surface area contributed by atoms with Crippen LogP contribution in [-0.4, -0.2) is 8.42 Å². The van der Waals surface area contributed by atoms with Crippen LogP contribution in [0, 0.1) is 5.82 Å². The number of hydrogen-bond acceptors (Lipinski definition) is 2. The largest absolute Gasteiger partial charge is 0.279 e. The van der Waals surface area contributed by atoms with Crippen LogP contribution in [0.4, 0.5) is 10.1 Å². The number of alkyl halides is 1. The van der Waals surface area contributed by atoms with Crippen molar-refractivity contribution in [2.24, 2.45) is 0 Å². The summed E-state index contributed by atoms with van der Waals surface area (Å²) in [6.45, 7) is 0. The van der Waals surface area contributed by atoms with Crippen molar-refractivity contribution in [3.8, 4) is 0 Å². The molecule has 0 bridgehead atoms. The van der Waals surface area contributed by atoms with E-state index in [1.54, 1.807) is 12.1 Å². The van der Waals surface area contributed by atoms with Gasteiger partial charge in [0.05, 0.1) is 10.6 Å². The molecule has 2 rings (SSSR count). The van der Waals surface area contributed by atoms with Crippen molar-refractivity contribution >= 4 is 43.2 Å². The first kappa shape index (κ1) is 15.3. The summed E-state index contributed by atoms with van der Waals surface area (Å²) in [5.41, 5.74) is 1.04. The summed E-state index contributed by atoms with van der Waals surface area (Å²) < 4.78 is 39.7. The summed E-state index contributed by atoms with van der Waals surface area (Å²) in [7, 11) is -3.76. The molecule has 106 valence electrons. The Labute approximate surface area is 130 Å². The maximum absolute atomic E-state index is 13.2. The molecule has 0 amide bonds. The molecule has 0 aliphatic rings. The number of benzene rings is 2. The lowest BCUT2D eigenvalue weighted by atomic mass is 10.2. The van der Waals surface area contributed by atoms with Gasteiger partial charge in [-0.3, -0.25) is 4.72 Å². The fourth-order valence-electron chi connectivity index (χ4n) is 1.58. The normalized spacial score (nSPS) is 11.3. The molecule has 0 saturated heterocycles. The zero-order valence-electron chi connectivity index (χ0n) is 10.1. The van der Waals surface area contributed by atoms with Crippen LogP contribution in [0.3, 0.4) is 0 Å². The minimum Gasteiger partial charge on any atom is -0.279 e. The van der Waals surface area contributed by atoms with Crippen LogP contribution in [0.25, 0.3) is 0 Å². The first-order valence-corrected chi connectivity index (χ1v) is 8.53. The van der Waals surface area contributed by atoms with Gasteiger partial charge in [0.2, 0.25) is 0 Å². The fourth-order valence-corrected chi connectivity index (χ4v) is 3.22. The maximum Gasteiger partial charge on any atom is 0.261 e. The summed E-state index contributed by atoms with van der Waals surface area (Å²) in [5, 5.41) is 0.762. The lowest BCUT2D eigenvalue weighted by Gasteiger charge is -2.09. The average Bonchev–Trinajstić information content (AvgIpc) is 2.37. The molecule has 1 N–H and O–H groups in total. The molecular weight excluding hydrogens is 369 g/mol. The van der Waals surface area contributed by atoms with Crippen molar-refractivity contribution in [1.82, 2.24) is 0 Å². The molecule has 3 nitrogen and oxygen atoms in total. The Hall–Kier alpha value is -1.11. The maximum atomic E-state index is 13.2. The van der Waals surface area contributed by atoms with Crippen molar-refractivity contribution < 1.29 is 12.8 Å². The number of nitrogens with one attached hydrogen (secondary N) is 1. The second-order valence-corrected chi connectivity index (χ2v) is 6.72. The third-order valence-electron chi connectivity index (χ3n) is 2.50. The highest BCUT2D eigenvalue weighted by Gasteiger charge is 2.14. The molecule has 0 fully saturated rings. The van der Waals surface area contributed by atoms with Gasteiger partial charge >= 0.3 is 0 Å². The number of halogens is 3. The SMILES string of the molecule is O=S(=O)(Nc1cc(F)cc(Cl)c1)c1ccc(CBr)cc1. The molecule has 0 atom stereocenters. The van der Waals surface area contributed by atoms with Crippen LogP contribution >= 0.6 is 27.5 Å². The highest BCUT2D eigenvalue weighted by molar-refractivity contribution is 9.08. The number of sulfonamides is 1. The highest BCUT2D eigenvalue weighted by Crippen LogP contribution is 2.21. The molecule has 0 aliphatic carbocycles. The molecule has 0 saturated carbocycles. The molecule has 0 radical (unpaired) electrons. The first-order valence-electron chi connectivity index (χ1n) is 5.54. The quantitative estimate of drug-likeness (QED) is 0.812. The Bertz CT molecular complexity index is 699. The van der Waals surface area contributed by atoms with Crippen molar-refractivity contribution in [2.45, 2.75) is 10.2 Å². The van der Waals surface area contributed by atoms with Crippen LogP contribution in [0.15, 0.2) is 47.4 Å². The van der Waals surface area contributed by atoms with E-state index in [-0.39, 0.29) is 15.6 Å². The summed E-state index contributed by atoms with van der Waals surface area (Å²) in [4.78, 5) is 0.0996. The smallest absolute Gasteiger partial charge is 0.261 e. The number of rotatable bonds is 4. The molecular formula is C13H10BrClFNO2S. The van der Waals surface area contributed by atoms with Gasteiger partial charge in [-0.1, -0.05) is 39.7 Å². The van der Waals surface area contributed by atoms with E-state index >= 15 is 0 Å². The minimum absolute atomic E-state index is 0.0829. The standard InChI is InChI=1S/C13H10BrClFNO2S/c14-8-9-1-3-13(4-2-9)20(18,19)17-12-6-10(15)5-11(16)7-12/h1-7,17H,8H2. The van der Waals surface area contributed by atoms with E-state index in [1.807, 2.05) is 0 Å². The Morgan fingerprint density at radius 1 is 1.15 bits per heavy atom. The third-order valence-corrected chi connectivity index (χ3v) is 4.77. The number of anilines is 1. The van der Waals surface area contributed by atoms with Gasteiger partial charge in [0.15, 0.2) is 0 Å². The predicted octanol–water partition coefficient (Wildman–Crippen LogP) is 4.17. The third kappa shape index (κ3) is 3.71. The Morgan fingerprint density at radius 3 is 2.35 bits per heavy atom. The van der Waals surface area contributed by atoms with Gasteiger partial charge in [-0.2, -0.15) is 0 Å². The summed E-state index contributed by atoms with van der Waals surface area (Å²) >= 11 is 8.97. The van der Waals surface area contributed by atoms with Crippen molar-refractivity contribution in [2.75, 3.05) is 4.72 Å². The van der Waals surface area contributed by atoms with E-state index in [1.165, 1.54) is 18.2 Å². The lowest BCUT2D eigenvalue weighted by Crippen LogP contribution is -2.13. The molecule has 0 heterocycles. The van der Waals surface area contributed by atoms with E-state index in [9.17, 15) is 12.8 Å². The molecule has 0 aromatic heterocycles.